The van der Waals surface area contributed by atoms with Crippen molar-refractivity contribution in [3.63, 3.8) is 0 Å². The zero-order chi connectivity index (χ0) is 20.4. The zero-order valence-electron chi connectivity index (χ0n) is 16.1. The number of anilines is 1. The van der Waals surface area contributed by atoms with Crippen molar-refractivity contribution in [2.24, 2.45) is 0 Å². The number of carbonyl (C=O) groups is 2. The van der Waals surface area contributed by atoms with E-state index in [0.717, 1.165) is 17.7 Å². The first-order chi connectivity index (χ1) is 14.0. The van der Waals surface area contributed by atoms with Gasteiger partial charge in [-0.2, -0.15) is 0 Å². The molecule has 0 saturated carbocycles. The summed E-state index contributed by atoms with van der Waals surface area (Å²) in [6, 6.07) is 17.0. The number of hydrogen-bond acceptors (Lipinski definition) is 2. The number of benzene rings is 2. The van der Waals surface area contributed by atoms with Crippen molar-refractivity contribution in [3.8, 4) is 5.69 Å². The standard InChI is InChI=1S/C23H22ClN3O2/c1-16(28)27-13-10-17-6-2-3-7-19(17)21(27)15-23(29)25-20-9-8-18(24)14-22(20)26-11-4-5-12-26/h2-9,11-12,14,21H,10,13,15H2,1H3,(H,25,29). The van der Waals surface area contributed by atoms with Gasteiger partial charge in [-0.1, -0.05) is 35.9 Å². The number of halogens is 1. The van der Waals surface area contributed by atoms with Crippen molar-refractivity contribution >= 4 is 29.1 Å². The Morgan fingerprint density at radius 1 is 1.10 bits per heavy atom. The highest BCUT2D eigenvalue weighted by molar-refractivity contribution is 6.31. The number of fused-ring (bicyclic) bond motifs is 1. The van der Waals surface area contributed by atoms with Gasteiger partial charge >= 0.3 is 0 Å². The molecule has 2 aromatic carbocycles. The molecule has 0 radical (unpaired) electrons. The second-order valence-electron chi connectivity index (χ2n) is 7.18. The number of hydrogen-bond donors (Lipinski definition) is 1. The summed E-state index contributed by atoms with van der Waals surface area (Å²) in [4.78, 5) is 26.9. The Morgan fingerprint density at radius 3 is 2.62 bits per heavy atom. The highest BCUT2D eigenvalue weighted by Crippen LogP contribution is 2.33. The molecule has 1 aliphatic rings. The normalized spacial score (nSPS) is 15.7. The number of rotatable bonds is 4. The molecule has 0 bridgehead atoms. The molecule has 5 nitrogen and oxygen atoms in total. The summed E-state index contributed by atoms with van der Waals surface area (Å²) in [6.07, 6.45) is 4.81. The molecule has 3 aromatic rings. The maximum absolute atomic E-state index is 13.0. The Kier molecular flexibility index (Phi) is 5.41. The Hall–Kier alpha value is -3.05. The Morgan fingerprint density at radius 2 is 1.86 bits per heavy atom. The number of nitrogens with one attached hydrogen (secondary N) is 1. The third-order valence-electron chi connectivity index (χ3n) is 5.31. The topological polar surface area (TPSA) is 54.3 Å². The molecular weight excluding hydrogens is 386 g/mol. The highest BCUT2D eigenvalue weighted by atomic mass is 35.5. The molecule has 0 aliphatic carbocycles. The highest BCUT2D eigenvalue weighted by Gasteiger charge is 2.30. The first-order valence-electron chi connectivity index (χ1n) is 9.60. The van der Waals surface area contributed by atoms with Gasteiger partial charge in [-0.25, -0.2) is 0 Å². The largest absolute Gasteiger partial charge is 0.335 e. The summed E-state index contributed by atoms with van der Waals surface area (Å²) in [7, 11) is 0. The maximum atomic E-state index is 13.0. The van der Waals surface area contributed by atoms with Crippen LogP contribution in [-0.2, 0) is 16.0 Å². The van der Waals surface area contributed by atoms with Crippen LogP contribution in [-0.4, -0.2) is 27.8 Å². The summed E-state index contributed by atoms with van der Waals surface area (Å²) in [5, 5.41) is 3.60. The molecule has 1 N–H and O–H groups in total. The number of amides is 2. The fourth-order valence-electron chi connectivity index (χ4n) is 3.94. The van der Waals surface area contributed by atoms with E-state index in [0.29, 0.717) is 17.3 Å². The van der Waals surface area contributed by atoms with Crippen molar-refractivity contribution in [1.82, 2.24) is 9.47 Å². The van der Waals surface area contributed by atoms with Crippen molar-refractivity contribution < 1.29 is 9.59 Å². The van der Waals surface area contributed by atoms with Gasteiger partial charge in [-0.3, -0.25) is 9.59 Å². The lowest BCUT2D eigenvalue weighted by Crippen LogP contribution is -2.40. The minimum atomic E-state index is -0.264. The molecular formula is C23H22ClN3O2. The molecule has 0 spiro atoms. The van der Waals surface area contributed by atoms with Crippen LogP contribution in [0, 0.1) is 0 Å². The lowest BCUT2D eigenvalue weighted by Gasteiger charge is -2.36. The van der Waals surface area contributed by atoms with Crippen LogP contribution in [0.5, 0.6) is 0 Å². The molecule has 0 saturated heterocycles. The molecule has 1 unspecified atom stereocenters. The number of aromatic nitrogens is 1. The summed E-state index contributed by atoms with van der Waals surface area (Å²) in [5.41, 5.74) is 3.71. The molecule has 0 fully saturated rings. The van der Waals surface area contributed by atoms with Gasteiger partial charge in [0.1, 0.15) is 0 Å². The average Bonchev–Trinajstić information content (AvgIpc) is 3.24. The summed E-state index contributed by atoms with van der Waals surface area (Å²) >= 11 is 6.17. The van der Waals surface area contributed by atoms with Crippen LogP contribution >= 0.6 is 11.6 Å². The van der Waals surface area contributed by atoms with E-state index in [-0.39, 0.29) is 24.3 Å². The Balaban J connectivity index is 1.59. The second kappa shape index (κ2) is 8.13. The van der Waals surface area contributed by atoms with Crippen LogP contribution in [0.2, 0.25) is 5.02 Å². The molecule has 6 heteroatoms. The molecule has 1 atom stereocenters. The number of carbonyl (C=O) groups excluding carboxylic acids is 2. The van der Waals surface area contributed by atoms with E-state index in [2.05, 4.69) is 11.4 Å². The van der Waals surface area contributed by atoms with Crippen LogP contribution in [0.25, 0.3) is 5.69 Å². The van der Waals surface area contributed by atoms with E-state index in [9.17, 15) is 9.59 Å². The lowest BCUT2D eigenvalue weighted by molar-refractivity contribution is -0.132. The first kappa shape index (κ1) is 19.3. The van der Waals surface area contributed by atoms with Gasteiger partial charge in [-0.05, 0) is 47.9 Å². The monoisotopic (exact) mass is 407 g/mol. The fraction of sp³-hybridized carbons (Fsp3) is 0.217. The lowest BCUT2D eigenvalue weighted by atomic mass is 9.90. The smallest absolute Gasteiger partial charge is 0.226 e. The van der Waals surface area contributed by atoms with Gasteiger partial charge in [0.05, 0.1) is 23.8 Å². The van der Waals surface area contributed by atoms with Gasteiger partial charge in [0.25, 0.3) is 0 Å². The quantitative estimate of drug-likeness (QED) is 0.686. The average molecular weight is 408 g/mol. The van der Waals surface area contributed by atoms with E-state index in [1.54, 1.807) is 24.0 Å². The van der Waals surface area contributed by atoms with E-state index in [1.165, 1.54) is 5.56 Å². The van der Waals surface area contributed by atoms with Gasteiger partial charge in [0.2, 0.25) is 11.8 Å². The summed E-state index contributed by atoms with van der Waals surface area (Å²) in [5.74, 6) is -0.162. The fourth-order valence-corrected chi connectivity index (χ4v) is 4.11. The molecule has 29 heavy (non-hydrogen) atoms. The molecule has 1 aromatic heterocycles. The summed E-state index contributed by atoms with van der Waals surface area (Å²) < 4.78 is 1.90. The van der Waals surface area contributed by atoms with Gasteiger partial charge in [0.15, 0.2) is 0 Å². The predicted octanol–water partition coefficient (Wildman–Crippen LogP) is 4.61. The maximum Gasteiger partial charge on any atom is 0.226 e. The van der Waals surface area contributed by atoms with Gasteiger partial charge < -0.3 is 14.8 Å². The van der Waals surface area contributed by atoms with Crippen LogP contribution in [0.4, 0.5) is 5.69 Å². The Bertz CT molecular complexity index is 1050. The molecule has 4 rings (SSSR count). The van der Waals surface area contributed by atoms with Crippen LogP contribution in [0.3, 0.4) is 0 Å². The van der Waals surface area contributed by atoms with Crippen LogP contribution in [0.15, 0.2) is 67.0 Å². The molecule has 2 heterocycles. The first-order valence-corrected chi connectivity index (χ1v) is 9.98. The van der Waals surface area contributed by atoms with Crippen molar-refractivity contribution in [2.75, 3.05) is 11.9 Å². The minimum absolute atomic E-state index is 0.0168. The third-order valence-corrected chi connectivity index (χ3v) is 5.55. The summed E-state index contributed by atoms with van der Waals surface area (Å²) in [6.45, 7) is 2.18. The van der Waals surface area contributed by atoms with Crippen molar-refractivity contribution in [1.29, 1.82) is 0 Å². The Labute approximate surface area is 174 Å². The van der Waals surface area contributed by atoms with E-state index < -0.39 is 0 Å². The van der Waals surface area contributed by atoms with E-state index in [4.69, 9.17) is 11.6 Å². The third kappa shape index (κ3) is 4.05. The van der Waals surface area contributed by atoms with Crippen LogP contribution < -0.4 is 5.32 Å². The van der Waals surface area contributed by atoms with Gasteiger partial charge in [0, 0.05) is 30.9 Å². The predicted molar refractivity (Wildman–Crippen MR) is 114 cm³/mol. The van der Waals surface area contributed by atoms with Gasteiger partial charge in [-0.15, -0.1) is 0 Å². The zero-order valence-corrected chi connectivity index (χ0v) is 16.9. The van der Waals surface area contributed by atoms with Crippen molar-refractivity contribution in [2.45, 2.75) is 25.8 Å². The SMILES string of the molecule is CC(=O)N1CCc2ccccc2C1CC(=O)Nc1ccc(Cl)cc1-n1cccc1. The molecule has 1 aliphatic heterocycles. The minimum Gasteiger partial charge on any atom is -0.335 e. The van der Waals surface area contributed by atoms with E-state index >= 15 is 0 Å². The van der Waals surface area contributed by atoms with Crippen LogP contribution in [0.1, 0.15) is 30.5 Å². The number of nitrogens with zero attached hydrogens (tertiary/aromatic N) is 2. The van der Waals surface area contributed by atoms with Crippen molar-refractivity contribution in [3.05, 3.63) is 83.1 Å². The second-order valence-corrected chi connectivity index (χ2v) is 7.62. The van der Waals surface area contributed by atoms with E-state index in [1.807, 2.05) is 53.4 Å². The molecule has 148 valence electrons. The molecule has 2 amide bonds.